The number of sulfonamides is 1. The van der Waals surface area contributed by atoms with Gasteiger partial charge in [0.2, 0.25) is 15.9 Å². The van der Waals surface area contributed by atoms with Crippen molar-refractivity contribution in [3.8, 4) is 0 Å². The van der Waals surface area contributed by atoms with Crippen LogP contribution in [0.15, 0.2) is 35.2 Å². The molecular formula is C14H18N2O3S. The van der Waals surface area contributed by atoms with Gasteiger partial charge in [-0.05, 0) is 43.4 Å². The van der Waals surface area contributed by atoms with E-state index in [0.29, 0.717) is 17.7 Å². The number of nitrogens with one attached hydrogen (secondary N) is 1. The van der Waals surface area contributed by atoms with Gasteiger partial charge in [0.15, 0.2) is 0 Å². The van der Waals surface area contributed by atoms with Gasteiger partial charge >= 0.3 is 0 Å². The Morgan fingerprint density at radius 2 is 2.20 bits per heavy atom. The molecule has 1 aliphatic carbocycles. The number of primary sulfonamides is 1. The van der Waals surface area contributed by atoms with E-state index in [1.807, 2.05) is 6.08 Å². The molecule has 0 bridgehead atoms. The van der Waals surface area contributed by atoms with Gasteiger partial charge < -0.3 is 5.32 Å². The van der Waals surface area contributed by atoms with Crippen molar-refractivity contribution in [2.45, 2.75) is 31.1 Å². The highest BCUT2D eigenvalue weighted by Crippen LogP contribution is 2.22. The summed E-state index contributed by atoms with van der Waals surface area (Å²) in [5.74, 6) is 0.156. The topological polar surface area (TPSA) is 89.3 Å². The van der Waals surface area contributed by atoms with Gasteiger partial charge in [-0.15, -0.1) is 0 Å². The third kappa shape index (κ3) is 3.68. The average Bonchev–Trinajstić information content (AvgIpc) is 2.83. The van der Waals surface area contributed by atoms with Crippen molar-refractivity contribution < 1.29 is 13.2 Å². The molecule has 2 rings (SSSR count). The monoisotopic (exact) mass is 294 g/mol. The number of amides is 1. The van der Waals surface area contributed by atoms with Gasteiger partial charge in [0.1, 0.15) is 0 Å². The smallest absolute Gasteiger partial charge is 0.238 e. The van der Waals surface area contributed by atoms with Crippen molar-refractivity contribution in [3.63, 3.8) is 0 Å². The first-order valence-corrected chi connectivity index (χ1v) is 8.01. The molecule has 1 atom stereocenters. The fourth-order valence-corrected chi connectivity index (χ4v) is 3.11. The fraction of sp³-hybridized carbons (Fsp3) is 0.357. The first-order chi connectivity index (χ1) is 9.36. The van der Waals surface area contributed by atoms with Gasteiger partial charge in [0.05, 0.1) is 4.90 Å². The molecule has 1 aromatic rings. The summed E-state index contributed by atoms with van der Waals surface area (Å²) >= 11 is 0. The van der Waals surface area contributed by atoms with E-state index in [2.05, 4.69) is 11.4 Å². The number of hydrogen-bond acceptors (Lipinski definition) is 3. The van der Waals surface area contributed by atoms with Crippen LogP contribution in [0.3, 0.4) is 0 Å². The lowest BCUT2D eigenvalue weighted by molar-refractivity contribution is -0.116. The summed E-state index contributed by atoms with van der Waals surface area (Å²) in [4.78, 5) is 11.9. The lowest BCUT2D eigenvalue weighted by atomic mass is 10.1. The summed E-state index contributed by atoms with van der Waals surface area (Å²) < 4.78 is 22.9. The van der Waals surface area contributed by atoms with Crippen LogP contribution in [0, 0.1) is 12.8 Å². The molecule has 0 aromatic heterocycles. The summed E-state index contributed by atoms with van der Waals surface area (Å²) in [6.07, 6.45) is 6.53. The molecule has 20 heavy (non-hydrogen) atoms. The number of carbonyl (C=O) groups is 1. The van der Waals surface area contributed by atoms with Gasteiger partial charge in [-0.25, -0.2) is 13.6 Å². The molecule has 1 aromatic carbocycles. The zero-order valence-corrected chi connectivity index (χ0v) is 12.1. The van der Waals surface area contributed by atoms with Crippen LogP contribution in [-0.2, 0) is 14.8 Å². The minimum atomic E-state index is -3.78. The standard InChI is InChI=1S/C14H18N2O3S/c1-10-6-7-12(9-13(10)20(15,18)19)16-14(17)8-11-4-2-3-5-11/h2,4,6-7,9,11H,3,5,8H2,1H3,(H,16,17)(H2,15,18,19). The van der Waals surface area contributed by atoms with Crippen molar-refractivity contribution in [1.29, 1.82) is 0 Å². The molecule has 0 saturated carbocycles. The van der Waals surface area contributed by atoms with Crippen LogP contribution in [0.5, 0.6) is 0 Å². The van der Waals surface area contributed by atoms with Gasteiger partial charge in [-0.3, -0.25) is 4.79 Å². The summed E-state index contributed by atoms with van der Waals surface area (Å²) in [5.41, 5.74) is 1.01. The second-order valence-corrected chi connectivity index (χ2v) is 6.57. The molecule has 1 aliphatic rings. The Morgan fingerprint density at radius 1 is 1.45 bits per heavy atom. The molecule has 0 fully saturated rings. The van der Waals surface area contributed by atoms with Crippen LogP contribution in [0.1, 0.15) is 24.8 Å². The quantitative estimate of drug-likeness (QED) is 0.832. The van der Waals surface area contributed by atoms with Gasteiger partial charge in [0.25, 0.3) is 0 Å². The van der Waals surface area contributed by atoms with Crippen molar-refractivity contribution in [3.05, 3.63) is 35.9 Å². The highest BCUT2D eigenvalue weighted by atomic mass is 32.2. The molecule has 1 unspecified atom stereocenters. The molecule has 108 valence electrons. The second-order valence-electron chi connectivity index (χ2n) is 5.04. The van der Waals surface area contributed by atoms with E-state index in [1.165, 1.54) is 6.07 Å². The van der Waals surface area contributed by atoms with E-state index in [0.717, 1.165) is 12.8 Å². The van der Waals surface area contributed by atoms with Crippen LogP contribution in [0.25, 0.3) is 0 Å². The lowest BCUT2D eigenvalue weighted by Crippen LogP contribution is -2.17. The number of hydrogen-bond donors (Lipinski definition) is 2. The molecule has 1 amide bonds. The predicted octanol–water partition coefficient (Wildman–Crippen LogP) is 1.94. The minimum absolute atomic E-state index is 0.0380. The van der Waals surface area contributed by atoms with Crippen molar-refractivity contribution in [2.75, 3.05) is 5.32 Å². The van der Waals surface area contributed by atoms with Crippen LogP contribution >= 0.6 is 0 Å². The zero-order chi connectivity index (χ0) is 14.8. The zero-order valence-electron chi connectivity index (χ0n) is 11.3. The number of nitrogens with two attached hydrogens (primary N) is 1. The Kier molecular flexibility index (Phi) is 4.25. The Balaban J connectivity index is 2.09. The molecular weight excluding hydrogens is 276 g/mol. The maximum absolute atomic E-state index is 11.9. The number of benzene rings is 1. The van der Waals surface area contributed by atoms with E-state index < -0.39 is 10.0 Å². The Bertz CT molecular complexity index is 650. The average molecular weight is 294 g/mol. The number of anilines is 1. The van der Waals surface area contributed by atoms with E-state index in [1.54, 1.807) is 19.1 Å². The normalized spacial score (nSPS) is 18.2. The van der Waals surface area contributed by atoms with E-state index in [4.69, 9.17) is 5.14 Å². The number of rotatable bonds is 4. The third-order valence-corrected chi connectivity index (χ3v) is 4.39. The minimum Gasteiger partial charge on any atom is -0.326 e. The van der Waals surface area contributed by atoms with E-state index >= 15 is 0 Å². The Morgan fingerprint density at radius 3 is 2.80 bits per heavy atom. The fourth-order valence-electron chi connectivity index (χ4n) is 2.30. The largest absolute Gasteiger partial charge is 0.326 e. The summed E-state index contributed by atoms with van der Waals surface area (Å²) in [6.45, 7) is 1.66. The summed E-state index contributed by atoms with van der Waals surface area (Å²) in [5, 5.41) is 7.86. The maximum Gasteiger partial charge on any atom is 0.238 e. The highest BCUT2D eigenvalue weighted by molar-refractivity contribution is 7.89. The Labute approximate surface area is 118 Å². The van der Waals surface area contributed by atoms with Crippen molar-refractivity contribution >= 4 is 21.6 Å². The lowest BCUT2D eigenvalue weighted by Gasteiger charge is -2.10. The van der Waals surface area contributed by atoms with E-state index in [-0.39, 0.29) is 16.7 Å². The molecule has 0 spiro atoms. The van der Waals surface area contributed by atoms with Crippen LogP contribution < -0.4 is 10.5 Å². The number of allylic oxidation sites excluding steroid dienone is 2. The molecule has 3 N–H and O–H groups in total. The van der Waals surface area contributed by atoms with Gasteiger partial charge in [0, 0.05) is 12.1 Å². The molecule has 0 heterocycles. The SMILES string of the molecule is Cc1ccc(NC(=O)CC2C=CCC2)cc1S(N)(=O)=O. The third-order valence-electron chi connectivity index (χ3n) is 3.34. The molecule has 5 nitrogen and oxygen atoms in total. The highest BCUT2D eigenvalue weighted by Gasteiger charge is 2.16. The van der Waals surface area contributed by atoms with Crippen LogP contribution in [0.2, 0.25) is 0 Å². The maximum atomic E-state index is 11.9. The van der Waals surface area contributed by atoms with Gasteiger partial charge in [-0.1, -0.05) is 18.2 Å². The summed E-state index contributed by atoms with van der Waals surface area (Å²) in [7, 11) is -3.78. The summed E-state index contributed by atoms with van der Waals surface area (Å²) in [6, 6.07) is 4.70. The second kappa shape index (κ2) is 5.76. The first kappa shape index (κ1) is 14.7. The van der Waals surface area contributed by atoms with Crippen LogP contribution in [0.4, 0.5) is 5.69 Å². The predicted molar refractivity (Wildman–Crippen MR) is 77.7 cm³/mol. The molecule has 6 heteroatoms. The molecule has 0 aliphatic heterocycles. The molecule has 0 saturated heterocycles. The first-order valence-electron chi connectivity index (χ1n) is 6.46. The van der Waals surface area contributed by atoms with E-state index in [9.17, 15) is 13.2 Å². The van der Waals surface area contributed by atoms with Crippen LogP contribution in [-0.4, -0.2) is 14.3 Å². The number of aryl methyl sites for hydroxylation is 1. The Hall–Kier alpha value is -1.66. The van der Waals surface area contributed by atoms with Crippen molar-refractivity contribution in [1.82, 2.24) is 0 Å². The van der Waals surface area contributed by atoms with Crippen molar-refractivity contribution in [2.24, 2.45) is 11.1 Å². The number of carbonyl (C=O) groups excluding carboxylic acids is 1. The molecule has 0 radical (unpaired) electrons. The van der Waals surface area contributed by atoms with Gasteiger partial charge in [-0.2, -0.15) is 0 Å².